The lowest BCUT2D eigenvalue weighted by Crippen LogP contribution is -2.34. The second-order valence-corrected chi connectivity index (χ2v) is 7.56. The number of benzene rings is 1. The number of carbonyl (C=O) groups excluding carboxylic acids is 2. The van der Waals surface area contributed by atoms with E-state index >= 15 is 0 Å². The minimum Gasteiger partial charge on any atom is -0.474 e. The number of hydrogen-bond donors (Lipinski definition) is 1. The van der Waals surface area contributed by atoms with Crippen molar-refractivity contribution in [3.63, 3.8) is 0 Å². The normalized spacial score (nSPS) is 19.4. The topological polar surface area (TPSA) is 90.0 Å². The molecular weight excluding hydrogens is 410 g/mol. The van der Waals surface area contributed by atoms with Crippen LogP contribution < -0.4 is 15.0 Å². The van der Waals surface area contributed by atoms with Crippen LogP contribution in [0.5, 0.6) is 5.88 Å². The van der Waals surface area contributed by atoms with Crippen LogP contribution in [0.25, 0.3) is 0 Å². The zero-order chi connectivity index (χ0) is 20.9. The second kappa shape index (κ2) is 9.32. The van der Waals surface area contributed by atoms with Gasteiger partial charge in [-0.05, 0) is 24.3 Å². The van der Waals surface area contributed by atoms with Crippen LogP contribution >= 0.6 is 11.6 Å². The van der Waals surface area contributed by atoms with E-state index in [4.69, 9.17) is 25.8 Å². The first-order valence-corrected chi connectivity index (χ1v) is 10.2. The molecule has 0 bridgehead atoms. The van der Waals surface area contributed by atoms with Crippen molar-refractivity contribution >= 4 is 29.3 Å². The van der Waals surface area contributed by atoms with Gasteiger partial charge in [0.2, 0.25) is 5.88 Å². The van der Waals surface area contributed by atoms with E-state index in [2.05, 4.69) is 10.3 Å². The molecule has 2 fully saturated rings. The average Bonchev–Trinajstić information content (AvgIpc) is 3.14. The minimum atomic E-state index is -0.465. The van der Waals surface area contributed by atoms with Gasteiger partial charge < -0.3 is 19.5 Å². The van der Waals surface area contributed by atoms with E-state index in [-0.39, 0.29) is 18.6 Å². The molecule has 2 aliphatic rings. The van der Waals surface area contributed by atoms with Crippen molar-refractivity contribution in [2.24, 2.45) is 0 Å². The molecule has 1 aromatic heterocycles. The number of rotatable bonds is 6. The molecule has 4 rings (SSSR count). The molecule has 0 aliphatic carbocycles. The molecule has 1 N–H and O–H groups in total. The van der Waals surface area contributed by atoms with Gasteiger partial charge in [0.05, 0.1) is 31.9 Å². The van der Waals surface area contributed by atoms with Crippen molar-refractivity contribution in [2.45, 2.75) is 25.0 Å². The smallest absolute Gasteiger partial charge is 0.414 e. The lowest BCUT2D eigenvalue weighted by molar-refractivity contribution is 0.0237. The molecule has 1 atom stereocenters. The number of carbonyl (C=O) groups is 2. The Morgan fingerprint density at radius 1 is 1.27 bits per heavy atom. The van der Waals surface area contributed by atoms with Crippen molar-refractivity contribution in [1.82, 2.24) is 10.3 Å². The number of hydrogen-bond acceptors (Lipinski definition) is 6. The first kappa shape index (κ1) is 20.4. The van der Waals surface area contributed by atoms with Crippen LogP contribution in [0, 0.1) is 0 Å². The molecule has 8 nitrogen and oxygen atoms in total. The Morgan fingerprint density at radius 3 is 2.83 bits per heavy atom. The molecule has 3 heterocycles. The molecule has 9 heteroatoms. The van der Waals surface area contributed by atoms with Crippen molar-refractivity contribution in [1.29, 1.82) is 0 Å². The lowest BCUT2D eigenvalue weighted by atomic mass is 10.1. The van der Waals surface area contributed by atoms with E-state index in [0.29, 0.717) is 41.9 Å². The summed E-state index contributed by atoms with van der Waals surface area (Å²) in [6.07, 6.45) is 2.30. The monoisotopic (exact) mass is 431 g/mol. The quantitative estimate of drug-likeness (QED) is 0.756. The maximum Gasteiger partial charge on any atom is 0.414 e. The highest BCUT2D eigenvalue weighted by Crippen LogP contribution is 2.24. The fraction of sp³-hybridized carbons (Fsp3) is 0.381. The van der Waals surface area contributed by atoms with E-state index in [9.17, 15) is 9.59 Å². The standard InChI is InChI=1S/C21H22ClN3O5/c22-15-2-1-3-16(10-15)25-13-18(30-21(25)27)12-24-20(26)14-4-5-19(23-11-14)29-17-6-8-28-9-7-17/h1-5,10-11,17-18H,6-9,12-13H2,(H,24,26). The average molecular weight is 432 g/mol. The molecule has 2 amide bonds. The molecule has 0 radical (unpaired) electrons. The molecule has 1 unspecified atom stereocenters. The Bertz CT molecular complexity index is 902. The SMILES string of the molecule is O=C(NCC1CN(c2cccc(Cl)c2)C(=O)O1)c1ccc(OC2CCOCC2)nc1. The van der Waals surface area contributed by atoms with Crippen LogP contribution in [-0.2, 0) is 9.47 Å². The Kier molecular flexibility index (Phi) is 6.35. The predicted octanol–water partition coefficient (Wildman–Crippen LogP) is 3.05. The van der Waals surface area contributed by atoms with Crippen molar-refractivity contribution < 1.29 is 23.8 Å². The number of halogens is 1. The minimum absolute atomic E-state index is 0.0884. The van der Waals surface area contributed by atoms with E-state index in [1.54, 1.807) is 36.4 Å². The Balaban J connectivity index is 1.27. The summed E-state index contributed by atoms with van der Waals surface area (Å²) >= 11 is 5.99. The number of nitrogens with one attached hydrogen (secondary N) is 1. The van der Waals surface area contributed by atoms with Crippen LogP contribution in [0.2, 0.25) is 5.02 Å². The summed E-state index contributed by atoms with van der Waals surface area (Å²) in [5, 5.41) is 3.32. The highest BCUT2D eigenvalue weighted by molar-refractivity contribution is 6.30. The number of nitrogens with zero attached hydrogens (tertiary/aromatic N) is 2. The highest BCUT2D eigenvalue weighted by atomic mass is 35.5. The maximum absolute atomic E-state index is 12.4. The number of ether oxygens (including phenoxy) is 3. The van der Waals surface area contributed by atoms with Crippen LogP contribution in [0.1, 0.15) is 23.2 Å². The van der Waals surface area contributed by atoms with Gasteiger partial charge in [0.25, 0.3) is 5.91 Å². The van der Waals surface area contributed by atoms with Gasteiger partial charge in [0.15, 0.2) is 0 Å². The Morgan fingerprint density at radius 2 is 2.10 bits per heavy atom. The molecule has 0 saturated carbocycles. The van der Waals surface area contributed by atoms with Crippen molar-refractivity contribution in [3.05, 3.63) is 53.2 Å². The number of amides is 2. The summed E-state index contributed by atoms with van der Waals surface area (Å²) in [6.45, 7) is 1.90. The zero-order valence-electron chi connectivity index (χ0n) is 16.3. The van der Waals surface area contributed by atoms with E-state index in [1.165, 1.54) is 11.1 Å². The summed E-state index contributed by atoms with van der Waals surface area (Å²) < 4.78 is 16.5. The molecule has 1 aromatic carbocycles. The van der Waals surface area contributed by atoms with Gasteiger partial charge in [-0.1, -0.05) is 17.7 Å². The summed E-state index contributed by atoms with van der Waals surface area (Å²) in [5.74, 6) is 0.192. The second-order valence-electron chi connectivity index (χ2n) is 7.12. The number of cyclic esters (lactones) is 1. The van der Waals surface area contributed by atoms with Gasteiger partial charge >= 0.3 is 6.09 Å². The molecule has 2 saturated heterocycles. The van der Waals surface area contributed by atoms with Gasteiger partial charge in [-0.3, -0.25) is 9.69 Å². The van der Waals surface area contributed by atoms with Crippen LogP contribution in [0.4, 0.5) is 10.5 Å². The molecular formula is C21H22ClN3O5. The summed E-state index contributed by atoms with van der Waals surface area (Å²) in [7, 11) is 0. The third-order valence-electron chi connectivity index (χ3n) is 4.94. The van der Waals surface area contributed by atoms with Crippen LogP contribution in [0.3, 0.4) is 0 Å². The van der Waals surface area contributed by atoms with Gasteiger partial charge in [-0.2, -0.15) is 0 Å². The first-order chi connectivity index (χ1) is 14.6. The number of aromatic nitrogens is 1. The van der Waals surface area contributed by atoms with Gasteiger partial charge in [0.1, 0.15) is 12.2 Å². The van der Waals surface area contributed by atoms with Crippen LogP contribution in [-0.4, -0.2) is 55.5 Å². The van der Waals surface area contributed by atoms with E-state index < -0.39 is 12.2 Å². The van der Waals surface area contributed by atoms with Gasteiger partial charge in [-0.25, -0.2) is 9.78 Å². The number of anilines is 1. The van der Waals surface area contributed by atoms with Gasteiger partial charge in [0, 0.05) is 35.8 Å². The maximum atomic E-state index is 12.4. The lowest BCUT2D eigenvalue weighted by Gasteiger charge is -2.22. The Hall–Kier alpha value is -2.84. The largest absolute Gasteiger partial charge is 0.474 e. The fourth-order valence-corrected chi connectivity index (χ4v) is 3.52. The predicted molar refractivity (Wildman–Crippen MR) is 110 cm³/mol. The van der Waals surface area contributed by atoms with Crippen molar-refractivity contribution in [2.75, 3.05) is 31.2 Å². The van der Waals surface area contributed by atoms with Crippen molar-refractivity contribution in [3.8, 4) is 5.88 Å². The zero-order valence-corrected chi connectivity index (χ0v) is 17.0. The van der Waals surface area contributed by atoms with Crippen LogP contribution in [0.15, 0.2) is 42.6 Å². The number of pyridine rings is 1. The molecule has 30 heavy (non-hydrogen) atoms. The summed E-state index contributed by atoms with van der Waals surface area (Å²) in [6, 6.07) is 10.3. The fourth-order valence-electron chi connectivity index (χ4n) is 3.34. The third kappa shape index (κ3) is 5.01. The van der Waals surface area contributed by atoms with Gasteiger partial charge in [-0.15, -0.1) is 0 Å². The third-order valence-corrected chi connectivity index (χ3v) is 5.17. The summed E-state index contributed by atoms with van der Waals surface area (Å²) in [4.78, 5) is 30.2. The molecule has 158 valence electrons. The highest BCUT2D eigenvalue weighted by Gasteiger charge is 2.32. The molecule has 0 spiro atoms. The molecule has 2 aromatic rings. The Labute approximate surface area is 179 Å². The summed E-state index contributed by atoms with van der Waals surface area (Å²) in [5.41, 5.74) is 1.07. The first-order valence-electron chi connectivity index (χ1n) is 9.81. The van der Waals surface area contributed by atoms with E-state index in [1.807, 2.05) is 0 Å². The van der Waals surface area contributed by atoms with E-state index in [0.717, 1.165) is 12.8 Å². The molecule has 2 aliphatic heterocycles.